The molecule has 0 aliphatic rings. The van der Waals surface area contributed by atoms with Crippen LogP contribution in [-0.2, 0) is 0 Å². The van der Waals surface area contributed by atoms with E-state index in [4.69, 9.17) is 0 Å². The molecule has 1 heterocycles. The van der Waals surface area contributed by atoms with E-state index in [0.29, 0.717) is 5.56 Å². The molecule has 1 N–H and O–H groups in total. The van der Waals surface area contributed by atoms with Gasteiger partial charge in [0, 0.05) is 9.35 Å². The van der Waals surface area contributed by atoms with Crippen LogP contribution < -0.4 is 5.32 Å². The molecule has 0 spiro atoms. The molecule has 4 heteroatoms. The Hall–Kier alpha value is -0.710. The Labute approximate surface area is 113 Å². The molecule has 1 unspecified atom stereocenters. The summed E-state index contributed by atoms with van der Waals surface area (Å²) in [7, 11) is 1.91. The molecular weight excluding hydrogens is 301 g/mol. The molecule has 0 amide bonds. The summed E-state index contributed by atoms with van der Waals surface area (Å²) in [5.41, 5.74) is 1.75. The van der Waals surface area contributed by atoms with Gasteiger partial charge in [-0.05, 0) is 58.5 Å². The third-order valence-corrected chi connectivity index (χ3v) is 4.65. The van der Waals surface area contributed by atoms with Crippen LogP contribution in [0, 0.1) is 12.7 Å². The number of rotatable bonds is 3. The smallest absolute Gasteiger partial charge is 0.126 e. The molecule has 0 aliphatic carbocycles. The largest absolute Gasteiger partial charge is 0.309 e. The van der Waals surface area contributed by atoms with Crippen molar-refractivity contribution in [3.05, 3.63) is 55.9 Å². The molecule has 2 aromatic rings. The Morgan fingerprint density at radius 2 is 2.12 bits per heavy atom. The minimum atomic E-state index is -0.158. The van der Waals surface area contributed by atoms with Crippen LogP contribution in [0.3, 0.4) is 0 Å². The predicted octanol–water partition coefficient (Wildman–Crippen LogP) is 4.27. The fourth-order valence-electron chi connectivity index (χ4n) is 1.81. The van der Waals surface area contributed by atoms with Gasteiger partial charge >= 0.3 is 0 Å². The summed E-state index contributed by atoms with van der Waals surface area (Å²) in [4.78, 5) is 1.21. The Morgan fingerprint density at radius 3 is 2.65 bits per heavy atom. The number of halogens is 2. The van der Waals surface area contributed by atoms with Crippen LogP contribution in [0.1, 0.15) is 22.0 Å². The van der Waals surface area contributed by atoms with E-state index in [0.717, 1.165) is 10.0 Å². The molecule has 1 nitrogen and oxygen atoms in total. The quantitative estimate of drug-likeness (QED) is 0.892. The highest BCUT2D eigenvalue weighted by Crippen LogP contribution is 2.33. The van der Waals surface area contributed by atoms with Crippen molar-refractivity contribution in [2.45, 2.75) is 13.0 Å². The van der Waals surface area contributed by atoms with Crippen LogP contribution in [0.5, 0.6) is 0 Å². The zero-order valence-corrected chi connectivity index (χ0v) is 12.0. The molecule has 90 valence electrons. The molecule has 0 radical (unpaired) electrons. The molecule has 1 atom stereocenters. The predicted molar refractivity (Wildman–Crippen MR) is 74.1 cm³/mol. The Kier molecular flexibility index (Phi) is 3.97. The minimum absolute atomic E-state index is 0.101. The molecule has 0 aliphatic heterocycles. The van der Waals surface area contributed by atoms with Gasteiger partial charge in [-0.15, -0.1) is 11.3 Å². The van der Waals surface area contributed by atoms with Gasteiger partial charge in [0.15, 0.2) is 0 Å². The van der Waals surface area contributed by atoms with Gasteiger partial charge < -0.3 is 5.32 Å². The number of benzene rings is 1. The molecule has 2 rings (SSSR count). The fourth-order valence-corrected chi connectivity index (χ4v) is 3.55. The molecule has 0 bridgehead atoms. The van der Waals surface area contributed by atoms with Crippen LogP contribution in [0.4, 0.5) is 4.39 Å². The topological polar surface area (TPSA) is 12.0 Å². The summed E-state index contributed by atoms with van der Waals surface area (Å²) in [6, 6.07) is 7.37. The summed E-state index contributed by atoms with van der Waals surface area (Å²) < 4.78 is 14.3. The van der Waals surface area contributed by atoms with Crippen molar-refractivity contribution < 1.29 is 4.39 Å². The second kappa shape index (κ2) is 5.29. The molecule has 0 saturated heterocycles. The van der Waals surface area contributed by atoms with Crippen LogP contribution in [0.15, 0.2) is 34.1 Å². The SMILES string of the molecule is CNC(c1ccc(F)c(C)c1)c1sccc1Br. The van der Waals surface area contributed by atoms with E-state index in [2.05, 4.69) is 21.2 Å². The van der Waals surface area contributed by atoms with Gasteiger partial charge in [-0.1, -0.05) is 12.1 Å². The molecule has 1 aromatic heterocycles. The van der Waals surface area contributed by atoms with E-state index in [1.165, 1.54) is 10.9 Å². The van der Waals surface area contributed by atoms with Crippen molar-refractivity contribution in [1.29, 1.82) is 0 Å². The summed E-state index contributed by atoms with van der Waals surface area (Å²) >= 11 is 5.22. The highest BCUT2D eigenvalue weighted by Gasteiger charge is 2.16. The Balaban J connectivity index is 2.42. The first-order valence-corrected chi connectivity index (χ1v) is 6.97. The van der Waals surface area contributed by atoms with Crippen LogP contribution >= 0.6 is 27.3 Å². The van der Waals surface area contributed by atoms with Crippen LogP contribution in [-0.4, -0.2) is 7.05 Å². The standard InChI is InChI=1S/C13H13BrFNS/c1-8-7-9(3-4-11(8)15)12(16-2)13-10(14)5-6-17-13/h3-7,12,16H,1-2H3. The number of thiophene rings is 1. The third-order valence-electron chi connectivity index (χ3n) is 2.71. The minimum Gasteiger partial charge on any atom is -0.309 e. The maximum Gasteiger partial charge on any atom is 0.126 e. The maximum absolute atomic E-state index is 13.3. The average Bonchev–Trinajstić information content (AvgIpc) is 2.71. The number of nitrogens with one attached hydrogen (secondary N) is 1. The number of hydrogen-bond donors (Lipinski definition) is 1. The lowest BCUT2D eigenvalue weighted by Crippen LogP contribution is -2.17. The first-order valence-electron chi connectivity index (χ1n) is 5.29. The highest BCUT2D eigenvalue weighted by molar-refractivity contribution is 9.10. The van der Waals surface area contributed by atoms with Gasteiger partial charge in [0.1, 0.15) is 5.82 Å². The van der Waals surface area contributed by atoms with Gasteiger partial charge in [-0.3, -0.25) is 0 Å². The number of aryl methyl sites for hydroxylation is 1. The second-order valence-corrected chi connectivity index (χ2v) is 5.67. The summed E-state index contributed by atoms with van der Waals surface area (Å²) in [5.74, 6) is -0.158. The number of hydrogen-bond acceptors (Lipinski definition) is 2. The normalized spacial score (nSPS) is 12.7. The van der Waals surface area contributed by atoms with Gasteiger partial charge in [-0.2, -0.15) is 0 Å². The van der Waals surface area contributed by atoms with E-state index >= 15 is 0 Å². The zero-order chi connectivity index (χ0) is 12.4. The van der Waals surface area contributed by atoms with Crippen LogP contribution in [0.2, 0.25) is 0 Å². The van der Waals surface area contributed by atoms with Gasteiger partial charge in [0.05, 0.1) is 6.04 Å². The summed E-state index contributed by atoms with van der Waals surface area (Å²) in [5, 5.41) is 5.31. The van der Waals surface area contributed by atoms with E-state index in [9.17, 15) is 4.39 Å². The summed E-state index contributed by atoms with van der Waals surface area (Å²) in [6.45, 7) is 1.79. The summed E-state index contributed by atoms with van der Waals surface area (Å²) in [6.07, 6.45) is 0. The third kappa shape index (κ3) is 2.59. The lowest BCUT2D eigenvalue weighted by atomic mass is 10.0. The fraction of sp³-hybridized carbons (Fsp3) is 0.231. The zero-order valence-electron chi connectivity index (χ0n) is 9.63. The maximum atomic E-state index is 13.3. The van der Waals surface area contributed by atoms with E-state index < -0.39 is 0 Å². The van der Waals surface area contributed by atoms with Crippen molar-refractivity contribution in [2.24, 2.45) is 0 Å². The molecular formula is C13H13BrFNS. The highest BCUT2D eigenvalue weighted by atomic mass is 79.9. The average molecular weight is 314 g/mol. The van der Waals surface area contributed by atoms with Crippen molar-refractivity contribution in [3.8, 4) is 0 Å². The second-order valence-electron chi connectivity index (χ2n) is 3.86. The van der Waals surface area contributed by atoms with Crippen molar-refractivity contribution in [3.63, 3.8) is 0 Å². The van der Waals surface area contributed by atoms with E-state index in [1.54, 1.807) is 18.3 Å². The van der Waals surface area contributed by atoms with E-state index in [1.807, 2.05) is 30.6 Å². The molecule has 0 fully saturated rings. The first-order chi connectivity index (χ1) is 8.13. The first kappa shape index (κ1) is 12.7. The Morgan fingerprint density at radius 1 is 1.35 bits per heavy atom. The van der Waals surface area contributed by atoms with Gasteiger partial charge in [0.25, 0.3) is 0 Å². The molecule has 17 heavy (non-hydrogen) atoms. The van der Waals surface area contributed by atoms with Crippen molar-refractivity contribution in [1.82, 2.24) is 5.32 Å². The van der Waals surface area contributed by atoms with Crippen molar-refractivity contribution in [2.75, 3.05) is 7.05 Å². The van der Waals surface area contributed by atoms with Gasteiger partial charge in [-0.25, -0.2) is 4.39 Å². The lowest BCUT2D eigenvalue weighted by molar-refractivity contribution is 0.614. The lowest BCUT2D eigenvalue weighted by Gasteiger charge is -2.16. The Bertz CT molecular complexity index is 524. The van der Waals surface area contributed by atoms with Gasteiger partial charge in [0.2, 0.25) is 0 Å². The van der Waals surface area contributed by atoms with E-state index in [-0.39, 0.29) is 11.9 Å². The van der Waals surface area contributed by atoms with Crippen LogP contribution in [0.25, 0.3) is 0 Å². The molecule has 0 saturated carbocycles. The van der Waals surface area contributed by atoms with Crippen molar-refractivity contribution >= 4 is 27.3 Å². The molecule has 1 aromatic carbocycles. The monoisotopic (exact) mass is 313 g/mol.